The van der Waals surface area contributed by atoms with Crippen molar-refractivity contribution in [1.29, 1.82) is 0 Å². The Morgan fingerprint density at radius 3 is 1.24 bits per heavy atom. The molecule has 3 aliphatic carbocycles. The Balaban J connectivity index is 0.000000468. The maximum Gasteiger partial charge on any atom is 2.00 e. The summed E-state index contributed by atoms with van der Waals surface area (Å²) in [5, 5.41) is 74.5. The maximum atomic E-state index is 10.3. The summed E-state index contributed by atoms with van der Waals surface area (Å²) in [7, 11) is 0. The van der Waals surface area contributed by atoms with Crippen LogP contribution < -0.4 is 21.7 Å². The fraction of sp³-hybridized carbons (Fsp3) is 0.700. The monoisotopic (exact) mass is 655 g/mol. The van der Waals surface area contributed by atoms with Gasteiger partial charge in [-0.1, -0.05) is 12.8 Å². The molecule has 10 N–H and O–H groups in total. The first kappa shape index (κ1) is 31.8. The van der Waals surface area contributed by atoms with Crippen molar-refractivity contribution in [2.45, 2.75) is 87.2 Å². The molecule has 0 aliphatic heterocycles. The number of carboxylic acids is 2. The molecule has 0 saturated heterocycles. The van der Waals surface area contributed by atoms with E-state index in [2.05, 4.69) is 0 Å². The smallest absolute Gasteiger partial charge is 0.545 e. The van der Waals surface area contributed by atoms with Gasteiger partial charge in [0.25, 0.3) is 0 Å². The van der Waals surface area contributed by atoms with E-state index in [0.29, 0.717) is 0 Å². The van der Waals surface area contributed by atoms with Gasteiger partial charge < -0.3 is 61.9 Å². The number of hydrogen-bond donors (Lipinski definition) is 8. The molecule has 3 rings (SSSR count). The Labute approximate surface area is 205 Å². The average molecular weight is 656 g/mol. The van der Waals surface area contributed by atoms with Gasteiger partial charge in [-0.15, -0.1) is 0 Å². The fourth-order valence-corrected chi connectivity index (χ4v) is 3.38. The van der Waals surface area contributed by atoms with Crippen LogP contribution in [0.25, 0.3) is 0 Å². The first-order valence-electron chi connectivity index (χ1n) is 10.3. The summed E-state index contributed by atoms with van der Waals surface area (Å²) in [6.07, 6.45) is -1.40. The average Bonchev–Trinajstić information content (AvgIpc) is 2.72. The van der Waals surface area contributed by atoms with Crippen LogP contribution >= 0.6 is 0 Å². The van der Waals surface area contributed by atoms with Gasteiger partial charge in [-0.25, -0.2) is 0 Å². The molecule has 33 heavy (non-hydrogen) atoms. The molecule has 0 radical (unpaired) electrons. The summed E-state index contributed by atoms with van der Waals surface area (Å²) < 4.78 is 0. The van der Waals surface area contributed by atoms with E-state index in [1.807, 2.05) is 0 Å². The number of aliphatic hydroxyl groups is 6. The van der Waals surface area contributed by atoms with Crippen LogP contribution in [0.4, 0.5) is 0 Å². The zero-order valence-corrected chi connectivity index (χ0v) is 20.1. The normalized spacial score (nSPS) is 35.8. The van der Waals surface area contributed by atoms with Gasteiger partial charge in [-0.3, -0.25) is 0 Å². The van der Waals surface area contributed by atoms with Crippen LogP contribution in [0.1, 0.15) is 38.5 Å². The van der Waals surface area contributed by atoms with Gasteiger partial charge in [0.05, 0.1) is 24.1 Å². The van der Waals surface area contributed by atoms with Gasteiger partial charge in [-0.2, -0.15) is 0 Å². The second-order valence-corrected chi connectivity index (χ2v) is 8.08. The fourth-order valence-electron chi connectivity index (χ4n) is 3.38. The van der Waals surface area contributed by atoms with Crippen LogP contribution in [-0.2, 0) is 30.7 Å². The minimum atomic E-state index is -1.43. The van der Waals surface area contributed by atoms with E-state index in [9.17, 15) is 19.8 Å². The molecule has 13 heteroatoms. The third-order valence-corrected chi connectivity index (χ3v) is 5.49. The molecule has 0 aromatic carbocycles. The SMILES string of the molecule is NC1CCCCC1N.O=C([O-])C1=CC(O)C(O)C(O)C1.O=C([O-])C1=CC(O)C(O)C(O)C1.[Pt+2]. The minimum absolute atomic E-state index is 0. The van der Waals surface area contributed by atoms with Crippen LogP contribution in [0.2, 0.25) is 0 Å². The summed E-state index contributed by atoms with van der Waals surface area (Å²) in [4.78, 5) is 20.5. The van der Waals surface area contributed by atoms with E-state index < -0.39 is 48.6 Å². The number of hydrogen-bond acceptors (Lipinski definition) is 12. The second-order valence-electron chi connectivity index (χ2n) is 8.08. The van der Waals surface area contributed by atoms with Crippen molar-refractivity contribution in [3.05, 3.63) is 23.3 Å². The summed E-state index contributed by atoms with van der Waals surface area (Å²) in [6.45, 7) is 0. The Kier molecular flexibility index (Phi) is 14.4. The molecule has 1 saturated carbocycles. The van der Waals surface area contributed by atoms with E-state index in [0.717, 1.165) is 25.0 Å². The van der Waals surface area contributed by atoms with Crippen LogP contribution in [0.5, 0.6) is 0 Å². The number of rotatable bonds is 2. The molecule has 0 amide bonds. The molecule has 12 nitrogen and oxygen atoms in total. The van der Waals surface area contributed by atoms with Crippen LogP contribution in [0.3, 0.4) is 0 Å². The standard InChI is InChI=1S/2C7H10O5.C6H14N2.Pt/c2*8-4-1-3(7(11)12)2-5(9)6(4)10;7-5-3-1-2-4-6(5)8;/h2*1,4-6,8-10H,2H2,(H,11,12);5-6H,1-4,7-8H2;/q;;;+2/p-2. The van der Waals surface area contributed by atoms with E-state index >= 15 is 0 Å². The van der Waals surface area contributed by atoms with Crippen LogP contribution in [0.15, 0.2) is 23.3 Å². The number of nitrogens with two attached hydrogens (primary N) is 2. The van der Waals surface area contributed by atoms with Crippen molar-refractivity contribution in [2.75, 3.05) is 0 Å². The van der Waals surface area contributed by atoms with Crippen molar-refractivity contribution in [2.24, 2.45) is 11.5 Å². The molecule has 0 aromatic rings. The number of carbonyl (C=O) groups is 2. The summed E-state index contributed by atoms with van der Waals surface area (Å²) >= 11 is 0. The molecule has 1 fully saturated rings. The molecule has 3 aliphatic rings. The van der Waals surface area contributed by atoms with Gasteiger partial charge >= 0.3 is 21.1 Å². The molecular weight excluding hydrogens is 623 g/mol. The molecule has 0 bridgehead atoms. The summed E-state index contributed by atoms with van der Waals surface area (Å²) in [6, 6.07) is 0.562. The van der Waals surface area contributed by atoms with Crippen LogP contribution in [0, 0.1) is 0 Å². The molecule has 0 aromatic heterocycles. The van der Waals surface area contributed by atoms with Crippen molar-refractivity contribution in [1.82, 2.24) is 0 Å². The molecule has 8 atom stereocenters. The maximum absolute atomic E-state index is 10.3. The van der Waals surface area contributed by atoms with Crippen LogP contribution in [-0.4, -0.2) is 91.3 Å². The Bertz CT molecular complexity index is 646. The predicted molar refractivity (Wildman–Crippen MR) is 106 cm³/mol. The van der Waals surface area contributed by atoms with E-state index in [1.165, 1.54) is 12.8 Å². The van der Waals surface area contributed by atoms with E-state index in [1.54, 1.807) is 0 Å². The van der Waals surface area contributed by atoms with Crippen molar-refractivity contribution < 1.29 is 71.5 Å². The number of carboxylic acid groups (broad SMARTS) is 2. The Hall–Kier alpha value is -1.21. The summed E-state index contributed by atoms with van der Waals surface area (Å²) in [5.74, 6) is -2.86. The predicted octanol–water partition coefficient (Wildman–Crippen LogP) is -5.49. The van der Waals surface area contributed by atoms with Gasteiger partial charge in [0.1, 0.15) is 24.4 Å². The Morgan fingerprint density at radius 2 is 1.03 bits per heavy atom. The molecule has 8 unspecified atom stereocenters. The van der Waals surface area contributed by atoms with Crippen molar-refractivity contribution in [3.8, 4) is 0 Å². The van der Waals surface area contributed by atoms with E-state index in [4.69, 9.17) is 42.1 Å². The third-order valence-electron chi connectivity index (χ3n) is 5.49. The largest absolute Gasteiger partial charge is 2.00 e. The first-order valence-corrected chi connectivity index (χ1v) is 10.3. The topological polar surface area (TPSA) is 254 Å². The first-order chi connectivity index (χ1) is 14.8. The molecule has 0 spiro atoms. The minimum Gasteiger partial charge on any atom is -0.545 e. The van der Waals surface area contributed by atoms with Gasteiger partial charge in [0.15, 0.2) is 0 Å². The van der Waals surface area contributed by atoms with Gasteiger partial charge in [0.2, 0.25) is 0 Å². The van der Waals surface area contributed by atoms with Crippen molar-refractivity contribution >= 4 is 11.9 Å². The van der Waals surface area contributed by atoms with Crippen molar-refractivity contribution in [3.63, 3.8) is 0 Å². The molecule has 192 valence electrons. The molecular formula is C20H32N2O10Pt. The molecule has 0 heterocycles. The Morgan fingerprint density at radius 1 is 0.727 bits per heavy atom. The quantitative estimate of drug-likeness (QED) is 0.139. The van der Waals surface area contributed by atoms with Gasteiger partial charge in [0, 0.05) is 24.9 Å². The number of aliphatic hydroxyl groups excluding tert-OH is 6. The third kappa shape index (κ3) is 10.3. The zero-order chi connectivity index (χ0) is 24.6. The summed E-state index contributed by atoms with van der Waals surface area (Å²) in [5.41, 5.74) is 10.9. The number of aliphatic carboxylic acids is 2. The second kappa shape index (κ2) is 14.9. The number of carbonyl (C=O) groups excluding carboxylic acids is 2. The van der Waals surface area contributed by atoms with E-state index in [-0.39, 0.29) is 57.1 Å². The zero-order valence-electron chi connectivity index (χ0n) is 17.8. The van der Waals surface area contributed by atoms with Gasteiger partial charge in [-0.05, 0) is 36.1 Å².